The second-order valence-electron chi connectivity index (χ2n) is 4.10. The molecule has 0 bridgehead atoms. The van der Waals surface area contributed by atoms with Crippen LogP contribution in [0.25, 0.3) is 17.0 Å². The van der Waals surface area contributed by atoms with Gasteiger partial charge in [-0.15, -0.1) is 10.2 Å². The topological polar surface area (TPSA) is 56.2 Å². The highest BCUT2D eigenvalue weighted by Gasteiger charge is 2.10. The Morgan fingerprint density at radius 3 is 2.50 bits per heavy atom. The lowest BCUT2D eigenvalue weighted by atomic mass is 10.2. The van der Waals surface area contributed by atoms with Crippen molar-refractivity contribution in [3.8, 4) is 11.4 Å². The molecular formula is C13H11BrN4. The molecule has 0 amide bonds. The zero-order valence-corrected chi connectivity index (χ0v) is 11.3. The van der Waals surface area contributed by atoms with Gasteiger partial charge in [-0.05, 0) is 31.2 Å². The summed E-state index contributed by atoms with van der Waals surface area (Å²) in [5.74, 6) is 0.808. The molecule has 0 atom stereocenters. The van der Waals surface area contributed by atoms with E-state index in [1.165, 1.54) is 0 Å². The molecular weight excluding hydrogens is 292 g/mol. The van der Waals surface area contributed by atoms with Crippen LogP contribution in [0.5, 0.6) is 0 Å². The molecule has 4 nitrogen and oxygen atoms in total. The predicted octanol–water partition coefficient (Wildman–Crippen LogP) is 3.05. The van der Waals surface area contributed by atoms with Gasteiger partial charge in [-0.25, -0.2) is 0 Å². The van der Waals surface area contributed by atoms with Crippen LogP contribution in [0.2, 0.25) is 0 Å². The Balaban J connectivity index is 2.29. The Morgan fingerprint density at radius 2 is 1.78 bits per heavy atom. The van der Waals surface area contributed by atoms with Gasteiger partial charge in [0.05, 0.1) is 5.69 Å². The lowest BCUT2D eigenvalue weighted by molar-refractivity contribution is 1.08. The first-order valence-electron chi connectivity index (χ1n) is 5.53. The van der Waals surface area contributed by atoms with Crippen molar-refractivity contribution in [2.75, 3.05) is 5.73 Å². The van der Waals surface area contributed by atoms with Crippen molar-refractivity contribution >= 4 is 27.3 Å². The van der Waals surface area contributed by atoms with Gasteiger partial charge in [0.25, 0.3) is 0 Å². The van der Waals surface area contributed by atoms with Gasteiger partial charge < -0.3 is 5.73 Å². The molecule has 5 heteroatoms. The number of anilines is 1. The number of aryl methyl sites for hydroxylation is 1. The third-order valence-electron chi connectivity index (χ3n) is 2.96. The highest BCUT2D eigenvalue weighted by atomic mass is 79.9. The molecule has 2 heterocycles. The van der Waals surface area contributed by atoms with Gasteiger partial charge in [-0.1, -0.05) is 28.1 Å². The van der Waals surface area contributed by atoms with Crippen molar-refractivity contribution in [1.82, 2.24) is 14.6 Å². The fourth-order valence-electron chi connectivity index (χ4n) is 1.93. The fraction of sp³-hybridized carbons (Fsp3) is 0.0769. The van der Waals surface area contributed by atoms with Gasteiger partial charge >= 0.3 is 0 Å². The van der Waals surface area contributed by atoms with E-state index in [4.69, 9.17) is 5.73 Å². The van der Waals surface area contributed by atoms with Gasteiger partial charge in [0.2, 0.25) is 0 Å². The average molecular weight is 303 g/mol. The normalized spacial score (nSPS) is 11.0. The Kier molecular flexibility index (Phi) is 2.56. The third-order valence-corrected chi connectivity index (χ3v) is 3.48. The highest BCUT2D eigenvalue weighted by molar-refractivity contribution is 9.10. The van der Waals surface area contributed by atoms with E-state index in [-0.39, 0.29) is 0 Å². The molecule has 0 fully saturated rings. The van der Waals surface area contributed by atoms with E-state index in [0.29, 0.717) is 0 Å². The Bertz CT molecular complexity index is 716. The maximum atomic E-state index is 5.93. The summed E-state index contributed by atoms with van der Waals surface area (Å²) in [6, 6.07) is 11.7. The maximum absolute atomic E-state index is 5.93. The molecule has 2 N–H and O–H groups in total. The van der Waals surface area contributed by atoms with Crippen LogP contribution >= 0.6 is 15.9 Å². The molecule has 0 unspecified atom stereocenters. The number of hydrogen-bond acceptors (Lipinski definition) is 3. The molecule has 90 valence electrons. The van der Waals surface area contributed by atoms with Crippen LogP contribution in [-0.4, -0.2) is 14.6 Å². The quantitative estimate of drug-likeness (QED) is 0.751. The molecule has 0 aliphatic rings. The fourth-order valence-corrected chi connectivity index (χ4v) is 2.20. The number of pyridine rings is 1. The Hall–Kier alpha value is -1.88. The molecule has 0 aliphatic heterocycles. The minimum absolute atomic E-state index is 0.737. The number of rotatable bonds is 1. The van der Waals surface area contributed by atoms with Gasteiger partial charge in [0, 0.05) is 15.7 Å². The van der Waals surface area contributed by atoms with Gasteiger partial charge in [0.15, 0.2) is 11.5 Å². The van der Waals surface area contributed by atoms with E-state index in [0.717, 1.165) is 32.9 Å². The summed E-state index contributed by atoms with van der Waals surface area (Å²) in [6.07, 6.45) is 0. The molecule has 18 heavy (non-hydrogen) atoms. The number of halogens is 1. The number of fused-ring (bicyclic) bond motifs is 1. The number of benzene rings is 1. The van der Waals surface area contributed by atoms with Crippen molar-refractivity contribution in [3.05, 3.63) is 46.6 Å². The highest BCUT2D eigenvalue weighted by Crippen LogP contribution is 2.23. The first-order chi connectivity index (χ1) is 8.66. The van der Waals surface area contributed by atoms with Crippen molar-refractivity contribution in [3.63, 3.8) is 0 Å². The first-order valence-corrected chi connectivity index (χ1v) is 6.32. The summed E-state index contributed by atoms with van der Waals surface area (Å²) < 4.78 is 3.01. The van der Waals surface area contributed by atoms with Crippen LogP contribution < -0.4 is 5.73 Å². The molecule has 0 aliphatic carbocycles. The SMILES string of the molecule is Cc1c(N)ccc2nnc(-c3ccc(Br)cc3)n12. The number of nitrogens with zero attached hydrogens (tertiary/aromatic N) is 3. The maximum Gasteiger partial charge on any atom is 0.168 e. The molecule has 3 rings (SSSR count). The summed E-state index contributed by atoms with van der Waals surface area (Å²) >= 11 is 3.42. The lowest BCUT2D eigenvalue weighted by Crippen LogP contribution is -1.99. The number of hydrogen-bond donors (Lipinski definition) is 1. The summed E-state index contributed by atoms with van der Waals surface area (Å²) in [5, 5.41) is 8.40. The number of aromatic nitrogens is 3. The summed E-state index contributed by atoms with van der Waals surface area (Å²) in [7, 11) is 0. The van der Waals surface area contributed by atoms with E-state index in [1.807, 2.05) is 47.7 Å². The van der Waals surface area contributed by atoms with Gasteiger partial charge in [-0.2, -0.15) is 0 Å². The zero-order valence-electron chi connectivity index (χ0n) is 9.76. The van der Waals surface area contributed by atoms with Crippen molar-refractivity contribution in [2.45, 2.75) is 6.92 Å². The summed E-state index contributed by atoms with van der Waals surface area (Å²) in [5.41, 5.74) is 9.44. The molecule has 2 aromatic heterocycles. The van der Waals surface area contributed by atoms with Crippen LogP contribution in [0.3, 0.4) is 0 Å². The van der Waals surface area contributed by atoms with Crippen LogP contribution in [0.15, 0.2) is 40.9 Å². The Morgan fingerprint density at radius 1 is 1.06 bits per heavy atom. The van der Waals surface area contributed by atoms with E-state index in [9.17, 15) is 0 Å². The van der Waals surface area contributed by atoms with Crippen molar-refractivity contribution in [2.24, 2.45) is 0 Å². The first kappa shape index (κ1) is 11.2. The molecule has 1 aromatic carbocycles. The average Bonchev–Trinajstić information content (AvgIpc) is 2.79. The molecule has 3 aromatic rings. The summed E-state index contributed by atoms with van der Waals surface area (Å²) in [6.45, 7) is 1.97. The van der Waals surface area contributed by atoms with E-state index in [2.05, 4.69) is 26.1 Å². The van der Waals surface area contributed by atoms with Gasteiger partial charge in [-0.3, -0.25) is 4.40 Å². The number of nitrogen functional groups attached to an aromatic ring is 1. The third kappa shape index (κ3) is 1.67. The van der Waals surface area contributed by atoms with Crippen molar-refractivity contribution < 1.29 is 0 Å². The van der Waals surface area contributed by atoms with Crippen LogP contribution in [0.4, 0.5) is 5.69 Å². The second kappa shape index (κ2) is 4.10. The monoisotopic (exact) mass is 302 g/mol. The summed E-state index contributed by atoms with van der Waals surface area (Å²) in [4.78, 5) is 0. The van der Waals surface area contributed by atoms with Crippen molar-refractivity contribution in [1.29, 1.82) is 0 Å². The van der Waals surface area contributed by atoms with E-state index in [1.54, 1.807) is 0 Å². The largest absolute Gasteiger partial charge is 0.397 e. The lowest BCUT2D eigenvalue weighted by Gasteiger charge is -2.06. The molecule has 0 radical (unpaired) electrons. The molecule has 0 spiro atoms. The van der Waals surface area contributed by atoms with Crippen LogP contribution in [0, 0.1) is 6.92 Å². The standard InChI is InChI=1S/C13H11BrN4/c1-8-11(15)6-7-12-16-17-13(18(8)12)9-2-4-10(14)5-3-9/h2-7H,15H2,1H3. The molecule has 0 saturated heterocycles. The Labute approximate surface area is 113 Å². The smallest absolute Gasteiger partial charge is 0.168 e. The van der Waals surface area contributed by atoms with E-state index < -0.39 is 0 Å². The molecule has 0 saturated carbocycles. The van der Waals surface area contributed by atoms with Crippen LogP contribution in [-0.2, 0) is 0 Å². The minimum atomic E-state index is 0.737. The van der Waals surface area contributed by atoms with Crippen LogP contribution in [0.1, 0.15) is 5.69 Å². The minimum Gasteiger partial charge on any atom is -0.397 e. The number of nitrogens with two attached hydrogens (primary N) is 1. The predicted molar refractivity (Wildman–Crippen MR) is 75.3 cm³/mol. The second-order valence-corrected chi connectivity index (χ2v) is 5.01. The van der Waals surface area contributed by atoms with E-state index >= 15 is 0 Å². The zero-order chi connectivity index (χ0) is 12.7. The van der Waals surface area contributed by atoms with Gasteiger partial charge in [0.1, 0.15) is 0 Å².